The van der Waals surface area contributed by atoms with E-state index in [9.17, 15) is 9.59 Å². The number of likely N-dealkylation sites (tertiary alicyclic amines) is 1. The van der Waals surface area contributed by atoms with Crippen molar-refractivity contribution in [3.63, 3.8) is 0 Å². The molecule has 142 valence electrons. The molecule has 2 unspecified atom stereocenters. The monoisotopic (exact) mass is 362 g/mol. The number of halogens is 1. The van der Waals surface area contributed by atoms with E-state index in [1.165, 1.54) is 0 Å². The van der Waals surface area contributed by atoms with Crippen LogP contribution in [0.2, 0.25) is 0 Å². The van der Waals surface area contributed by atoms with Crippen LogP contribution in [0.3, 0.4) is 0 Å². The molecule has 0 bridgehead atoms. The van der Waals surface area contributed by atoms with Crippen LogP contribution >= 0.6 is 12.4 Å². The van der Waals surface area contributed by atoms with Crippen molar-refractivity contribution in [3.8, 4) is 0 Å². The number of nitrogens with one attached hydrogen (secondary N) is 2. The Balaban J connectivity index is 0.00000529. The van der Waals surface area contributed by atoms with E-state index in [1.54, 1.807) is 4.90 Å². The lowest BCUT2D eigenvalue weighted by atomic mass is 9.87. The lowest BCUT2D eigenvalue weighted by Gasteiger charge is -2.37. The Labute approximate surface area is 152 Å². The van der Waals surface area contributed by atoms with Gasteiger partial charge in [-0.1, -0.05) is 27.7 Å². The summed E-state index contributed by atoms with van der Waals surface area (Å²) in [6.45, 7) is 12.5. The van der Waals surface area contributed by atoms with Crippen LogP contribution in [0.5, 0.6) is 0 Å². The Bertz CT molecular complexity index is 417. The third-order valence-electron chi connectivity index (χ3n) is 4.85. The molecule has 0 spiro atoms. The third kappa shape index (κ3) is 6.48. The normalized spacial score (nSPS) is 20.3. The topological polar surface area (TPSA) is 87.5 Å². The summed E-state index contributed by atoms with van der Waals surface area (Å²) < 4.78 is 0. The number of nitrogens with zero attached hydrogens (tertiary/aromatic N) is 1. The molecule has 1 aliphatic heterocycles. The fraction of sp³-hybridized carbons (Fsp3) is 0.882. The minimum atomic E-state index is -0.404. The van der Waals surface area contributed by atoms with Gasteiger partial charge in [0.25, 0.3) is 0 Å². The summed E-state index contributed by atoms with van der Waals surface area (Å²) in [4.78, 5) is 26.5. The lowest BCUT2D eigenvalue weighted by molar-refractivity contribution is -0.128. The molecule has 0 aromatic rings. The molecule has 2 atom stereocenters. The van der Waals surface area contributed by atoms with Crippen LogP contribution in [0.1, 0.15) is 47.5 Å². The van der Waals surface area contributed by atoms with Crippen molar-refractivity contribution in [1.29, 1.82) is 0 Å². The van der Waals surface area contributed by atoms with Gasteiger partial charge in [-0.25, -0.2) is 4.79 Å². The largest absolute Gasteiger partial charge is 0.349 e. The van der Waals surface area contributed by atoms with Crippen LogP contribution in [0.15, 0.2) is 0 Å². The Hall–Kier alpha value is -1.01. The second kappa shape index (κ2) is 10.1. The smallest absolute Gasteiger partial charge is 0.317 e. The summed E-state index contributed by atoms with van der Waals surface area (Å²) in [7, 11) is 0. The molecule has 1 saturated heterocycles. The first-order valence-electron chi connectivity index (χ1n) is 8.74. The fourth-order valence-electron chi connectivity index (χ4n) is 2.59. The minimum Gasteiger partial charge on any atom is -0.349 e. The molecule has 0 aromatic heterocycles. The summed E-state index contributed by atoms with van der Waals surface area (Å²) in [5.74, 6) is 0.524. The predicted molar refractivity (Wildman–Crippen MR) is 100 cm³/mol. The summed E-state index contributed by atoms with van der Waals surface area (Å²) in [6, 6.07) is -0.0679. The molecular weight excluding hydrogens is 328 g/mol. The third-order valence-corrected chi connectivity index (χ3v) is 4.85. The average molecular weight is 363 g/mol. The second-order valence-corrected chi connectivity index (χ2v) is 7.63. The van der Waals surface area contributed by atoms with Crippen molar-refractivity contribution >= 4 is 24.3 Å². The van der Waals surface area contributed by atoms with Gasteiger partial charge < -0.3 is 21.3 Å². The van der Waals surface area contributed by atoms with E-state index in [2.05, 4.69) is 38.3 Å². The number of hydrogen-bond donors (Lipinski definition) is 3. The molecule has 6 nitrogen and oxygen atoms in total. The second-order valence-electron chi connectivity index (χ2n) is 7.63. The van der Waals surface area contributed by atoms with Gasteiger partial charge in [0.1, 0.15) is 0 Å². The van der Waals surface area contributed by atoms with Crippen molar-refractivity contribution < 1.29 is 9.59 Å². The van der Waals surface area contributed by atoms with Crippen LogP contribution in [0, 0.1) is 17.8 Å². The minimum absolute atomic E-state index is 0. The average Bonchev–Trinajstić information content (AvgIpc) is 2.52. The number of urea groups is 1. The summed E-state index contributed by atoms with van der Waals surface area (Å²) >= 11 is 0. The molecule has 24 heavy (non-hydrogen) atoms. The molecule has 0 saturated carbocycles. The highest BCUT2D eigenvalue weighted by Crippen LogP contribution is 2.20. The Kier molecular flexibility index (Phi) is 9.66. The van der Waals surface area contributed by atoms with Gasteiger partial charge in [0, 0.05) is 26.2 Å². The van der Waals surface area contributed by atoms with Crippen LogP contribution < -0.4 is 16.4 Å². The van der Waals surface area contributed by atoms with Crippen LogP contribution in [-0.2, 0) is 4.79 Å². The van der Waals surface area contributed by atoms with Crippen LogP contribution in [-0.4, -0.2) is 48.6 Å². The van der Waals surface area contributed by atoms with E-state index in [1.807, 2.05) is 6.92 Å². The first-order chi connectivity index (χ1) is 10.7. The van der Waals surface area contributed by atoms with Crippen molar-refractivity contribution in [2.75, 3.05) is 26.2 Å². The highest BCUT2D eigenvalue weighted by molar-refractivity contribution is 5.85. The van der Waals surface area contributed by atoms with Crippen molar-refractivity contribution in [2.45, 2.75) is 53.0 Å². The molecule has 1 aliphatic rings. The van der Waals surface area contributed by atoms with Gasteiger partial charge in [-0.05, 0) is 31.6 Å². The van der Waals surface area contributed by atoms with Crippen LogP contribution in [0.4, 0.5) is 4.79 Å². The maximum absolute atomic E-state index is 12.6. The highest BCUT2D eigenvalue weighted by Gasteiger charge is 2.34. The van der Waals surface area contributed by atoms with Gasteiger partial charge in [-0.2, -0.15) is 0 Å². The zero-order valence-corrected chi connectivity index (χ0v) is 16.5. The molecule has 0 aromatic carbocycles. The van der Waals surface area contributed by atoms with Gasteiger partial charge in [-0.15, -0.1) is 12.4 Å². The van der Waals surface area contributed by atoms with E-state index in [4.69, 9.17) is 5.73 Å². The van der Waals surface area contributed by atoms with E-state index in [0.717, 1.165) is 12.8 Å². The van der Waals surface area contributed by atoms with Gasteiger partial charge in [0.05, 0.1) is 11.5 Å². The number of hydrogen-bond acceptors (Lipinski definition) is 3. The van der Waals surface area contributed by atoms with Gasteiger partial charge in [-0.3, -0.25) is 4.79 Å². The van der Waals surface area contributed by atoms with Crippen molar-refractivity contribution in [2.24, 2.45) is 23.5 Å². The number of amides is 3. The molecule has 0 radical (unpaired) electrons. The van der Waals surface area contributed by atoms with E-state index < -0.39 is 5.54 Å². The molecule has 0 aliphatic carbocycles. The number of carbonyl (C=O) groups is 2. The molecule has 7 heteroatoms. The number of nitrogens with two attached hydrogens (primary N) is 1. The maximum atomic E-state index is 12.6. The quantitative estimate of drug-likeness (QED) is 0.675. The first kappa shape index (κ1) is 23.0. The SMILES string of the molecule is CC(C)CNC(=O)N1CCCC(C(=O)NC(C)(CN)C(C)C)C1.Cl. The van der Waals surface area contributed by atoms with E-state index in [0.29, 0.717) is 32.1 Å². The number of piperidine rings is 1. The zero-order chi connectivity index (χ0) is 17.6. The summed E-state index contributed by atoms with van der Waals surface area (Å²) in [6.07, 6.45) is 1.67. The fourth-order valence-corrected chi connectivity index (χ4v) is 2.59. The predicted octanol–water partition coefficient (Wildman–Crippen LogP) is 1.98. The van der Waals surface area contributed by atoms with Gasteiger partial charge >= 0.3 is 6.03 Å². The van der Waals surface area contributed by atoms with E-state index >= 15 is 0 Å². The molecule has 1 fully saturated rings. The van der Waals surface area contributed by atoms with Crippen molar-refractivity contribution in [1.82, 2.24) is 15.5 Å². The van der Waals surface area contributed by atoms with E-state index in [-0.39, 0.29) is 36.2 Å². The summed E-state index contributed by atoms with van der Waals surface area (Å²) in [5, 5.41) is 6.02. The number of carbonyl (C=O) groups excluding carboxylic acids is 2. The Morgan fingerprint density at radius 2 is 1.92 bits per heavy atom. The molecule has 1 heterocycles. The van der Waals surface area contributed by atoms with Gasteiger partial charge in [0.15, 0.2) is 0 Å². The number of rotatable bonds is 6. The Morgan fingerprint density at radius 1 is 1.29 bits per heavy atom. The van der Waals surface area contributed by atoms with Gasteiger partial charge in [0.2, 0.25) is 5.91 Å². The zero-order valence-electron chi connectivity index (χ0n) is 15.7. The Morgan fingerprint density at radius 3 is 2.42 bits per heavy atom. The highest BCUT2D eigenvalue weighted by atomic mass is 35.5. The molecular formula is C17H35ClN4O2. The maximum Gasteiger partial charge on any atom is 0.317 e. The standard InChI is InChI=1S/C17H34N4O2.ClH/c1-12(2)9-19-16(23)21-8-6-7-14(10-21)15(22)20-17(5,11-18)13(3)4;/h12-14H,6-11,18H2,1-5H3,(H,19,23)(H,20,22);1H. The molecule has 3 amide bonds. The molecule has 1 rings (SSSR count). The molecule has 4 N–H and O–H groups in total. The lowest BCUT2D eigenvalue weighted by Crippen LogP contribution is -2.58. The van der Waals surface area contributed by atoms with Crippen molar-refractivity contribution in [3.05, 3.63) is 0 Å². The summed E-state index contributed by atoms with van der Waals surface area (Å²) in [5.41, 5.74) is 5.44. The first-order valence-corrected chi connectivity index (χ1v) is 8.74. The van der Waals surface area contributed by atoms with Crippen LogP contribution in [0.25, 0.3) is 0 Å².